The third-order valence-electron chi connectivity index (χ3n) is 1.55. The van der Waals surface area contributed by atoms with Crippen LogP contribution in [0.1, 0.15) is 0 Å². The lowest BCUT2D eigenvalue weighted by atomic mass is 10.3. The van der Waals surface area contributed by atoms with E-state index < -0.39 is 10.7 Å². The third-order valence-corrected chi connectivity index (χ3v) is 2.86. The molecule has 0 heterocycles. The Morgan fingerprint density at radius 1 is 1.60 bits per heavy atom. The van der Waals surface area contributed by atoms with E-state index in [0.717, 1.165) is 17.8 Å². The summed E-state index contributed by atoms with van der Waals surface area (Å²) in [6.45, 7) is -0.114. The monoisotopic (exact) mass is 251 g/mol. The molecule has 0 amide bonds. The topological polar surface area (TPSA) is 63.4 Å². The summed E-state index contributed by atoms with van der Waals surface area (Å²) in [5, 5.41) is 19.0. The van der Waals surface area contributed by atoms with Gasteiger partial charge in [0.1, 0.15) is 5.82 Å². The van der Waals surface area contributed by atoms with E-state index in [0.29, 0.717) is 5.75 Å². The molecule has 0 saturated carbocycles. The summed E-state index contributed by atoms with van der Waals surface area (Å²) in [5.41, 5.74) is -0.338. The quantitative estimate of drug-likeness (QED) is 0.507. The van der Waals surface area contributed by atoms with Gasteiger partial charge in [0.05, 0.1) is 27.5 Å². The predicted octanol–water partition coefficient (Wildman–Crippen LogP) is 2.47. The number of aliphatic hydroxyl groups is 1. The van der Waals surface area contributed by atoms with Crippen molar-refractivity contribution < 1.29 is 14.4 Å². The van der Waals surface area contributed by atoms with E-state index in [1.807, 2.05) is 0 Å². The van der Waals surface area contributed by atoms with Gasteiger partial charge in [0.25, 0.3) is 5.69 Å². The second-order valence-electron chi connectivity index (χ2n) is 2.56. The Labute approximate surface area is 94.2 Å². The van der Waals surface area contributed by atoms with Gasteiger partial charge in [-0.05, 0) is 6.07 Å². The Bertz CT molecular complexity index is 388. The summed E-state index contributed by atoms with van der Waals surface area (Å²) in [7, 11) is 0. The minimum Gasteiger partial charge on any atom is -0.396 e. The molecular formula is C8H7ClFNO3S. The van der Waals surface area contributed by atoms with E-state index in [1.165, 1.54) is 6.07 Å². The Balaban J connectivity index is 3.10. The van der Waals surface area contributed by atoms with Crippen molar-refractivity contribution in [2.75, 3.05) is 12.4 Å². The summed E-state index contributed by atoms with van der Waals surface area (Å²) in [5.74, 6) is -0.528. The minimum absolute atomic E-state index is 0.114. The van der Waals surface area contributed by atoms with Crippen molar-refractivity contribution in [3.8, 4) is 0 Å². The second kappa shape index (κ2) is 5.29. The van der Waals surface area contributed by atoms with E-state index >= 15 is 0 Å². The fourth-order valence-electron chi connectivity index (χ4n) is 0.932. The molecule has 0 aliphatic carbocycles. The first-order valence-corrected chi connectivity index (χ1v) is 5.29. The number of thioether (sulfide) groups is 1. The Morgan fingerprint density at radius 3 is 2.80 bits per heavy atom. The molecule has 1 aromatic rings. The maximum Gasteiger partial charge on any atom is 0.285 e. The molecule has 1 aromatic carbocycles. The molecule has 0 radical (unpaired) electrons. The summed E-state index contributed by atoms with van der Waals surface area (Å²) < 4.78 is 12.9. The zero-order valence-corrected chi connectivity index (χ0v) is 9.02. The van der Waals surface area contributed by atoms with Crippen molar-refractivity contribution in [3.63, 3.8) is 0 Å². The number of halogens is 2. The highest BCUT2D eigenvalue weighted by Gasteiger charge is 2.17. The minimum atomic E-state index is -0.822. The summed E-state index contributed by atoms with van der Waals surface area (Å²) in [6.07, 6.45) is 0. The van der Waals surface area contributed by atoms with Crippen LogP contribution < -0.4 is 0 Å². The van der Waals surface area contributed by atoms with Gasteiger partial charge in [-0.1, -0.05) is 11.6 Å². The number of aliphatic hydroxyl groups excluding tert-OH is 1. The van der Waals surface area contributed by atoms with Crippen LogP contribution in [0, 0.1) is 15.9 Å². The number of nitro groups is 1. The average Bonchev–Trinajstić information content (AvgIpc) is 2.19. The van der Waals surface area contributed by atoms with Gasteiger partial charge in [0, 0.05) is 5.75 Å². The number of rotatable bonds is 4. The molecule has 15 heavy (non-hydrogen) atoms. The Morgan fingerprint density at radius 2 is 2.27 bits per heavy atom. The van der Waals surface area contributed by atoms with Crippen molar-refractivity contribution in [1.29, 1.82) is 0 Å². The number of hydrogen-bond acceptors (Lipinski definition) is 4. The lowest BCUT2D eigenvalue weighted by molar-refractivity contribution is -0.387. The number of hydrogen-bond donors (Lipinski definition) is 1. The zero-order chi connectivity index (χ0) is 11.4. The van der Waals surface area contributed by atoms with Crippen LogP contribution in [-0.4, -0.2) is 22.4 Å². The third kappa shape index (κ3) is 3.05. The van der Waals surface area contributed by atoms with Crippen LogP contribution in [-0.2, 0) is 0 Å². The molecule has 0 aromatic heterocycles. The van der Waals surface area contributed by atoms with Crippen molar-refractivity contribution in [1.82, 2.24) is 0 Å². The summed E-state index contributed by atoms with van der Waals surface area (Å²) >= 11 is 6.55. The van der Waals surface area contributed by atoms with Gasteiger partial charge in [-0.3, -0.25) is 10.1 Å². The maximum atomic E-state index is 12.9. The van der Waals surface area contributed by atoms with Crippen LogP contribution in [0.2, 0.25) is 5.02 Å². The number of nitrogens with zero attached hydrogens (tertiary/aromatic N) is 1. The molecule has 82 valence electrons. The molecule has 4 nitrogen and oxygen atoms in total. The molecule has 7 heteroatoms. The predicted molar refractivity (Wildman–Crippen MR) is 55.9 cm³/mol. The number of benzene rings is 1. The van der Waals surface area contributed by atoms with Crippen LogP contribution in [0.3, 0.4) is 0 Å². The van der Waals surface area contributed by atoms with E-state index in [9.17, 15) is 14.5 Å². The van der Waals surface area contributed by atoms with E-state index in [4.69, 9.17) is 16.7 Å². The zero-order valence-electron chi connectivity index (χ0n) is 7.44. The van der Waals surface area contributed by atoms with Crippen LogP contribution in [0.4, 0.5) is 10.1 Å². The first kappa shape index (κ1) is 12.2. The second-order valence-corrected chi connectivity index (χ2v) is 4.11. The molecule has 1 N–H and O–H groups in total. The molecule has 0 saturated heterocycles. The molecule has 0 atom stereocenters. The first-order chi connectivity index (χ1) is 7.06. The Kier molecular flexibility index (Phi) is 4.31. The van der Waals surface area contributed by atoms with E-state index in [1.54, 1.807) is 0 Å². The van der Waals surface area contributed by atoms with Gasteiger partial charge in [-0.2, -0.15) is 0 Å². The van der Waals surface area contributed by atoms with E-state index in [-0.39, 0.29) is 22.2 Å². The molecule has 0 fully saturated rings. The molecule has 0 aliphatic rings. The molecule has 0 aliphatic heterocycles. The van der Waals surface area contributed by atoms with Crippen molar-refractivity contribution in [2.45, 2.75) is 4.90 Å². The largest absolute Gasteiger partial charge is 0.396 e. The lowest BCUT2D eigenvalue weighted by Gasteiger charge is -2.02. The fourth-order valence-corrected chi connectivity index (χ4v) is 1.95. The van der Waals surface area contributed by atoms with Gasteiger partial charge >= 0.3 is 0 Å². The van der Waals surface area contributed by atoms with Crippen molar-refractivity contribution in [2.24, 2.45) is 0 Å². The first-order valence-electron chi connectivity index (χ1n) is 3.93. The van der Waals surface area contributed by atoms with Crippen molar-refractivity contribution in [3.05, 3.63) is 33.1 Å². The molecule has 0 unspecified atom stereocenters. The SMILES string of the molecule is O=[N+]([O-])c1cc(F)c(Cl)cc1SCCO. The highest BCUT2D eigenvalue weighted by atomic mass is 35.5. The molecular weight excluding hydrogens is 245 g/mol. The number of nitro benzene ring substituents is 1. The van der Waals surface area contributed by atoms with Crippen LogP contribution >= 0.6 is 23.4 Å². The lowest BCUT2D eigenvalue weighted by Crippen LogP contribution is -1.94. The molecule has 0 bridgehead atoms. The average molecular weight is 252 g/mol. The molecule has 0 spiro atoms. The fraction of sp³-hybridized carbons (Fsp3) is 0.250. The van der Waals surface area contributed by atoms with Gasteiger partial charge < -0.3 is 5.11 Å². The standard InChI is InChI=1S/C8H7ClFNO3S/c9-5-3-8(15-2-1-12)7(11(13)14)4-6(5)10/h3-4,12H,1-2H2. The van der Waals surface area contributed by atoms with Crippen molar-refractivity contribution >= 4 is 29.1 Å². The van der Waals surface area contributed by atoms with E-state index in [2.05, 4.69) is 0 Å². The summed E-state index contributed by atoms with van der Waals surface area (Å²) in [6, 6.07) is 1.97. The van der Waals surface area contributed by atoms with Gasteiger partial charge in [0.15, 0.2) is 0 Å². The van der Waals surface area contributed by atoms with Crippen LogP contribution in [0.15, 0.2) is 17.0 Å². The van der Waals surface area contributed by atoms with Crippen LogP contribution in [0.25, 0.3) is 0 Å². The van der Waals surface area contributed by atoms with Gasteiger partial charge in [-0.15, -0.1) is 11.8 Å². The van der Waals surface area contributed by atoms with Gasteiger partial charge in [0.2, 0.25) is 0 Å². The highest BCUT2D eigenvalue weighted by molar-refractivity contribution is 7.99. The highest BCUT2D eigenvalue weighted by Crippen LogP contribution is 2.33. The Hall–Kier alpha value is -0.850. The van der Waals surface area contributed by atoms with Crippen LogP contribution in [0.5, 0.6) is 0 Å². The maximum absolute atomic E-state index is 12.9. The molecule has 1 rings (SSSR count). The summed E-state index contributed by atoms with van der Waals surface area (Å²) in [4.78, 5) is 10.1. The normalized spacial score (nSPS) is 10.3. The van der Waals surface area contributed by atoms with Gasteiger partial charge in [-0.25, -0.2) is 4.39 Å². The smallest absolute Gasteiger partial charge is 0.285 e.